The molecule has 5 heteroatoms. The van der Waals surface area contributed by atoms with E-state index in [0.717, 1.165) is 27.3 Å². The van der Waals surface area contributed by atoms with Gasteiger partial charge < -0.3 is 0 Å². The minimum atomic E-state index is 0.680. The van der Waals surface area contributed by atoms with Crippen molar-refractivity contribution in [2.24, 2.45) is 0 Å². The van der Waals surface area contributed by atoms with Crippen molar-refractivity contribution in [1.82, 2.24) is 14.8 Å². The normalized spacial score (nSPS) is 10.8. The van der Waals surface area contributed by atoms with Crippen molar-refractivity contribution in [2.75, 3.05) is 0 Å². The van der Waals surface area contributed by atoms with Crippen molar-refractivity contribution in [3.05, 3.63) is 77.3 Å². The van der Waals surface area contributed by atoms with Gasteiger partial charge in [0, 0.05) is 22.9 Å². The quantitative estimate of drug-likeness (QED) is 0.439. The fourth-order valence-electron chi connectivity index (χ4n) is 2.44. The van der Waals surface area contributed by atoms with Crippen molar-refractivity contribution in [3.63, 3.8) is 0 Å². The summed E-state index contributed by atoms with van der Waals surface area (Å²) in [6, 6.07) is 16.1. The maximum atomic E-state index is 5.94. The highest BCUT2D eigenvalue weighted by atomic mass is 35.5. The molecular weight excluding hydrogens is 338 g/mol. The number of aryl methyl sites for hydroxylation is 1. The Morgan fingerprint density at radius 2 is 1.88 bits per heavy atom. The van der Waals surface area contributed by atoms with Crippen molar-refractivity contribution in [2.45, 2.75) is 24.4 Å². The van der Waals surface area contributed by atoms with Crippen LogP contribution in [0.2, 0.25) is 5.02 Å². The molecule has 0 aliphatic rings. The third-order valence-electron chi connectivity index (χ3n) is 3.70. The Bertz CT molecular complexity index is 840. The summed E-state index contributed by atoms with van der Waals surface area (Å²) >= 11 is 7.60. The van der Waals surface area contributed by atoms with Gasteiger partial charge in [-0.25, -0.2) is 0 Å². The number of hydrogen-bond donors (Lipinski definition) is 0. The average Bonchev–Trinajstić information content (AvgIpc) is 2.98. The van der Waals surface area contributed by atoms with Gasteiger partial charge in [0.25, 0.3) is 0 Å². The molecule has 0 atom stereocenters. The molecule has 3 aromatic rings. The van der Waals surface area contributed by atoms with E-state index in [1.54, 1.807) is 11.8 Å². The highest BCUT2D eigenvalue weighted by Gasteiger charge is 2.14. The van der Waals surface area contributed by atoms with Crippen LogP contribution in [0.15, 0.2) is 66.3 Å². The van der Waals surface area contributed by atoms with Crippen molar-refractivity contribution in [3.8, 4) is 11.4 Å². The van der Waals surface area contributed by atoms with Gasteiger partial charge in [0.15, 0.2) is 11.0 Å². The summed E-state index contributed by atoms with van der Waals surface area (Å²) in [5.41, 5.74) is 3.49. The molecule has 0 amide bonds. The lowest BCUT2D eigenvalue weighted by atomic mass is 10.1. The maximum absolute atomic E-state index is 5.94. The van der Waals surface area contributed by atoms with Gasteiger partial charge >= 0.3 is 0 Å². The average molecular weight is 356 g/mol. The Balaban J connectivity index is 1.87. The van der Waals surface area contributed by atoms with Crippen molar-refractivity contribution >= 4 is 23.4 Å². The molecular formula is C19H18ClN3S. The predicted molar refractivity (Wildman–Crippen MR) is 101 cm³/mol. The van der Waals surface area contributed by atoms with Crippen LogP contribution in [0.4, 0.5) is 0 Å². The van der Waals surface area contributed by atoms with E-state index in [-0.39, 0.29) is 0 Å². The molecule has 0 bridgehead atoms. The topological polar surface area (TPSA) is 30.7 Å². The first-order chi connectivity index (χ1) is 11.7. The van der Waals surface area contributed by atoms with Gasteiger partial charge in [0.05, 0.1) is 0 Å². The molecule has 0 saturated heterocycles. The van der Waals surface area contributed by atoms with Crippen LogP contribution < -0.4 is 0 Å². The molecule has 0 N–H and O–H groups in total. The van der Waals surface area contributed by atoms with E-state index < -0.39 is 0 Å². The number of halogens is 1. The SMILES string of the molecule is C=CCn1c(SCc2ccc(Cl)cc2)nnc1-c1ccccc1C. The second-order valence-electron chi connectivity index (χ2n) is 5.44. The summed E-state index contributed by atoms with van der Waals surface area (Å²) in [6.45, 7) is 6.63. The summed E-state index contributed by atoms with van der Waals surface area (Å²) in [5, 5.41) is 10.4. The summed E-state index contributed by atoms with van der Waals surface area (Å²) in [4.78, 5) is 0. The fraction of sp³-hybridized carbons (Fsp3) is 0.158. The van der Waals surface area contributed by atoms with E-state index >= 15 is 0 Å². The van der Waals surface area contributed by atoms with Gasteiger partial charge in [0.2, 0.25) is 0 Å². The summed E-state index contributed by atoms with van der Waals surface area (Å²) < 4.78 is 2.11. The monoisotopic (exact) mass is 355 g/mol. The van der Waals surface area contributed by atoms with Crippen LogP contribution in [-0.2, 0) is 12.3 Å². The first-order valence-corrected chi connectivity index (χ1v) is 9.02. The number of thioether (sulfide) groups is 1. The lowest BCUT2D eigenvalue weighted by Gasteiger charge is -2.09. The lowest BCUT2D eigenvalue weighted by Crippen LogP contribution is -2.01. The van der Waals surface area contributed by atoms with Crippen LogP contribution >= 0.6 is 23.4 Å². The molecule has 3 nitrogen and oxygen atoms in total. The van der Waals surface area contributed by atoms with Crippen molar-refractivity contribution in [1.29, 1.82) is 0 Å². The zero-order valence-corrected chi connectivity index (χ0v) is 15.0. The van der Waals surface area contributed by atoms with Gasteiger partial charge in [-0.2, -0.15) is 0 Å². The first kappa shape index (κ1) is 16.8. The van der Waals surface area contributed by atoms with E-state index in [9.17, 15) is 0 Å². The molecule has 1 heterocycles. The second kappa shape index (κ2) is 7.69. The Labute approximate surface area is 151 Å². The van der Waals surface area contributed by atoms with Crippen molar-refractivity contribution < 1.29 is 0 Å². The Morgan fingerprint density at radius 1 is 1.12 bits per heavy atom. The van der Waals surface area contributed by atoms with E-state index in [4.69, 9.17) is 11.6 Å². The first-order valence-electron chi connectivity index (χ1n) is 7.66. The molecule has 0 radical (unpaired) electrons. The number of aromatic nitrogens is 3. The highest BCUT2D eigenvalue weighted by molar-refractivity contribution is 7.98. The highest BCUT2D eigenvalue weighted by Crippen LogP contribution is 2.28. The van der Waals surface area contributed by atoms with Gasteiger partial charge in [-0.3, -0.25) is 4.57 Å². The molecule has 3 rings (SSSR count). The lowest BCUT2D eigenvalue weighted by molar-refractivity contribution is 0.731. The second-order valence-corrected chi connectivity index (χ2v) is 6.81. The predicted octanol–water partition coefficient (Wildman–Crippen LogP) is 5.39. The molecule has 0 spiro atoms. The van der Waals surface area contributed by atoms with Crippen LogP contribution in [0.1, 0.15) is 11.1 Å². The van der Waals surface area contributed by atoms with Gasteiger partial charge in [-0.05, 0) is 30.2 Å². The zero-order chi connectivity index (χ0) is 16.9. The largest absolute Gasteiger partial charge is 0.298 e. The molecule has 0 unspecified atom stereocenters. The maximum Gasteiger partial charge on any atom is 0.192 e. The van der Waals surface area contributed by atoms with Crippen LogP contribution in [-0.4, -0.2) is 14.8 Å². The van der Waals surface area contributed by atoms with E-state index in [1.807, 2.05) is 42.5 Å². The van der Waals surface area contributed by atoms with Gasteiger partial charge in [-0.15, -0.1) is 16.8 Å². The fourth-order valence-corrected chi connectivity index (χ4v) is 3.47. The Hall–Kier alpha value is -2.04. The summed E-state index contributed by atoms with van der Waals surface area (Å²) in [7, 11) is 0. The molecule has 2 aromatic carbocycles. The molecule has 0 aliphatic carbocycles. The van der Waals surface area contributed by atoms with Crippen LogP contribution in [0, 0.1) is 6.92 Å². The summed E-state index contributed by atoms with van der Waals surface area (Å²) in [5.74, 6) is 1.70. The Kier molecular flexibility index (Phi) is 5.38. The minimum Gasteiger partial charge on any atom is -0.298 e. The Morgan fingerprint density at radius 3 is 2.58 bits per heavy atom. The third kappa shape index (κ3) is 3.71. The smallest absolute Gasteiger partial charge is 0.192 e. The standard InChI is InChI=1S/C19H18ClN3S/c1-3-12-23-18(17-7-5-4-6-14(17)2)21-22-19(23)24-13-15-8-10-16(20)11-9-15/h3-11H,1,12-13H2,2H3. The number of allylic oxidation sites excluding steroid dienone is 1. The van der Waals surface area contributed by atoms with Crippen LogP contribution in [0.5, 0.6) is 0 Å². The van der Waals surface area contributed by atoms with Gasteiger partial charge in [-0.1, -0.05) is 65.8 Å². The van der Waals surface area contributed by atoms with Crippen LogP contribution in [0.3, 0.4) is 0 Å². The van der Waals surface area contributed by atoms with E-state index in [0.29, 0.717) is 6.54 Å². The number of benzene rings is 2. The zero-order valence-electron chi connectivity index (χ0n) is 13.4. The molecule has 1 aromatic heterocycles. The summed E-state index contributed by atoms with van der Waals surface area (Å²) in [6.07, 6.45) is 1.87. The van der Waals surface area contributed by atoms with Crippen LogP contribution in [0.25, 0.3) is 11.4 Å². The number of rotatable bonds is 6. The molecule has 0 aliphatic heterocycles. The van der Waals surface area contributed by atoms with Gasteiger partial charge in [0.1, 0.15) is 0 Å². The van der Waals surface area contributed by atoms with E-state index in [1.165, 1.54) is 11.1 Å². The van der Waals surface area contributed by atoms with E-state index in [2.05, 4.69) is 40.4 Å². The molecule has 122 valence electrons. The molecule has 0 saturated carbocycles. The molecule has 0 fully saturated rings. The third-order valence-corrected chi connectivity index (χ3v) is 4.99. The molecule has 24 heavy (non-hydrogen) atoms. The number of nitrogens with zero attached hydrogens (tertiary/aromatic N) is 3. The minimum absolute atomic E-state index is 0.680. The number of hydrogen-bond acceptors (Lipinski definition) is 3.